The Morgan fingerprint density at radius 2 is 1.71 bits per heavy atom. The largest absolute Gasteiger partial charge is 0.744 e. The van der Waals surface area contributed by atoms with Crippen LogP contribution in [0.15, 0.2) is 29.2 Å². The predicted molar refractivity (Wildman–Crippen MR) is 62.0 cm³/mol. The molecule has 1 atom stereocenters. The van der Waals surface area contributed by atoms with Gasteiger partial charge < -0.3 is 9.66 Å². The van der Waals surface area contributed by atoms with Crippen LogP contribution in [0.5, 0.6) is 0 Å². The Hall–Kier alpha value is -0.950. The van der Waals surface area contributed by atoms with Crippen molar-refractivity contribution in [3.05, 3.63) is 29.8 Å². The van der Waals surface area contributed by atoms with E-state index in [1.165, 1.54) is 25.1 Å². The molecular weight excluding hydrogens is 242 g/mol. The van der Waals surface area contributed by atoms with Crippen LogP contribution in [0, 0.1) is 0 Å². The maximum absolute atomic E-state index is 11.2. The highest BCUT2D eigenvalue weighted by Crippen LogP contribution is 2.32. The second kappa shape index (κ2) is 4.06. The third-order valence-electron chi connectivity index (χ3n) is 2.97. The SMILES string of the molecule is CC(O)(c1ccccc1S(=O)(=O)[O-])[N+](C)(C)C. The first-order valence-corrected chi connectivity index (χ1v) is 6.48. The lowest BCUT2D eigenvalue weighted by molar-refractivity contribution is -0.957. The summed E-state index contributed by atoms with van der Waals surface area (Å²) in [4.78, 5) is -0.377. The van der Waals surface area contributed by atoms with E-state index in [-0.39, 0.29) is 14.9 Å². The van der Waals surface area contributed by atoms with Gasteiger partial charge in [-0.3, -0.25) is 4.48 Å². The van der Waals surface area contributed by atoms with E-state index in [1.807, 2.05) is 0 Å². The molecule has 6 heteroatoms. The van der Waals surface area contributed by atoms with Crippen molar-refractivity contribution in [1.82, 2.24) is 0 Å². The van der Waals surface area contributed by atoms with Crippen LogP contribution in [0.25, 0.3) is 0 Å². The van der Waals surface area contributed by atoms with Crippen molar-refractivity contribution in [2.24, 2.45) is 0 Å². The summed E-state index contributed by atoms with van der Waals surface area (Å²) in [5, 5.41) is 10.4. The van der Waals surface area contributed by atoms with Crippen molar-refractivity contribution in [3.8, 4) is 0 Å². The molecule has 5 nitrogen and oxygen atoms in total. The maximum Gasteiger partial charge on any atom is 0.225 e. The van der Waals surface area contributed by atoms with E-state index >= 15 is 0 Å². The molecule has 0 fully saturated rings. The summed E-state index contributed by atoms with van der Waals surface area (Å²) < 4.78 is 33.5. The highest BCUT2D eigenvalue weighted by atomic mass is 32.2. The van der Waals surface area contributed by atoms with E-state index in [9.17, 15) is 18.1 Å². The van der Waals surface area contributed by atoms with Crippen LogP contribution in [0.4, 0.5) is 0 Å². The lowest BCUT2D eigenvalue weighted by Crippen LogP contribution is -2.53. The minimum atomic E-state index is -4.60. The summed E-state index contributed by atoms with van der Waals surface area (Å²) in [5.74, 6) is 0. The fourth-order valence-electron chi connectivity index (χ4n) is 1.44. The summed E-state index contributed by atoms with van der Waals surface area (Å²) in [6.45, 7) is 1.48. The molecule has 1 N–H and O–H groups in total. The Morgan fingerprint density at radius 1 is 1.24 bits per heavy atom. The summed E-state index contributed by atoms with van der Waals surface area (Å²) in [6.07, 6.45) is 0. The average Bonchev–Trinajstić information content (AvgIpc) is 2.14. The highest BCUT2D eigenvalue weighted by molar-refractivity contribution is 7.85. The van der Waals surface area contributed by atoms with Crippen molar-refractivity contribution in [1.29, 1.82) is 0 Å². The standard InChI is InChI=1S/C11H17NO4S/c1-11(13,12(2,3)4)9-7-5-6-8-10(9)17(14,15)16/h5-8,13H,1-4H3. The molecule has 0 spiro atoms. The number of hydrogen-bond donors (Lipinski definition) is 1. The van der Waals surface area contributed by atoms with Crippen LogP contribution in [-0.4, -0.2) is 43.7 Å². The van der Waals surface area contributed by atoms with Crippen molar-refractivity contribution in [2.75, 3.05) is 21.1 Å². The fourth-order valence-corrected chi connectivity index (χ4v) is 2.21. The van der Waals surface area contributed by atoms with Gasteiger partial charge in [0.05, 0.1) is 31.6 Å². The lowest BCUT2D eigenvalue weighted by atomic mass is 10.0. The van der Waals surface area contributed by atoms with E-state index in [0.717, 1.165) is 0 Å². The Balaban J connectivity index is 3.54. The quantitative estimate of drug-likeness (QED) is 0.486. The van der Waals surface area contributed by atoms with Gasteiger partial charge in [0.1, 0.15) is 10.1 Å². The molecule has 0 saturated heterocycles. The van der Waals surface area contributed by atoms with Gasteiger partial charge in [-0.1, -0.05) is 12.1 Å². The zero-order valence-electron chi connectivity index (χ0n) is 10.3. The Labute approximate surface area is 102 Å². The van der Waals surface area contributed by atoms with E-state index < -0.39 is 15.8 Å². The number of benzene rings is 1. The Bertz CT molecular complexity index is 515. The van der Waals surface area contributed by atoms with Gasteiger partial charge >= 0.3 is 0 Å². The summed E-state index contributed by atoms with van der Waals surface area (Å²) in [5.41, 5.74) is -1.35. The molecule has 0 heterocycles. The molecule has 0 saturated carbocycles. The second-order valence-corrected chi connectivity index (χ2v) is 6.33. The van der Waals surface area contributed by atoms with Crippen LogP contribution in [0.2, 0.25) is 0 Å². The van der Waals surface area contributed by atoms with Crippen molar-refractivity contribution < 1.29 is 22.6 Å². The molecule has 0 amide bonds. The zero-order chi connectivity index (χ0) is 13.5. The third kappa shape index (κ3) is 2.66. The highest BCUT2D eigenvalue weighted by Gasteiger charge is 2.40. The molecule has 0 bridgehead atoms. The van der Waals surface area contributed by atoms with Gasteiger partial charge in [0.25, 0.3) is 0 Å². The fraction of sp³-hybridized carbons (Fsp3) is 0.455. The van der Waals surface area contributed by atoms with E-state index in [4.69, 9.17) is 0 Å². The van der Waals surface area contributed by atoms with Gasteiger partial charge in [-0.2, -0.15) is 0 Å². The van der Waals surface area contributed by atoms with Crippen LogP contribution >= 0.6 is 0 Å². The van der Waals surface area contributed by atoms with E-state index in [1.54, 1.807) is 27.2 Å². The molecule has 0 aliphatic heterocycles. The van der Waals surface area contributed by atoms with Crippen molar-refractivity contribution >= 4 is 10.1 Å². The summed E-state index contributed by atoms with van der Waals surface area (Å²) in [6, 6.07) is 5.71. The van der Waals surface area contributed by atoms with Crippen LogP contribution in [-0.2, 0) is 15.8 Å². The average molecular weight is 259 g/mol. The monoisotopic (exact) mass is 259 g/mol. The van der Waals surface area contributed by atoms with Crippen LogP contribution in [0.3, 0.4) is 0 Å². The minimum absolute atomic E-state index is 0.0829. The number of aliphatic hydroxyl groups is 1. The minimum Gasteiger partial charge on any atom is -0.744 e. The first-order chi connectivity index (χ1) is 7.48. The topological polar surface area (TPSA) is 77.4 Å². The number of quaternary nitrogens is 1. The van der Waals surface area contributed by atoms with Gasteiger partial charge in [0.2, 0.25) is 5.72 Å². The van der Waals surface area contributed by atoms with Gasteiger partial charge in [-0.15, -0.1) is 0 Å². The third-order valence-corrected chi connectivity index (χ3v) is 3.87. The molecule has 0 radical (unpaired) electrons. The predicted octanol–water partition coefficient (Wildman–Crippen LogP) is 0.462. The Morgan fingerprint density at radius 3 is 2.12 bits per heavy atom. The molecule has 0 aliphatic carbocycles. The zero-order valence-corrected chi connectivity index (χ0v) is 11.2. The molecular formula is C11H17NO4S. The molecule has 0 aliphatic rings. The molecule has 1 aromatic carbocycles. The molecule has 0 aromatic heterocycles. The van der Waals surface area contributed by atoms with Crippen molar-refractivity contribution in [2.45, 2.75) is 17.5 Å². The molecule has 1 rings (SSSR count). The summed E-state index contributed by atoms with van der Waals surface area (Å²) >= 11 is 0. The number of hydrogen-bond acceptors (Lipinski definition) is 4. The van der Waals surface area contributed by atoms with E-state index in [2.05, 4.69) is 0 Å². The molecule has 17 heavy (non-hydrogen) atoms. The van der Waals surface area contributed by atoms with Gasteiger partial charge in [-0.05, 0) is 12.1 Å². The van der Waals surface area contributed by atoms with Crippen LogP contribution in [0.1, 0.15) is 12.5 Å². The Kier molecular flexibility index (Phi) is 3.37. The molecule has 96 valence electrons. The normalized spacial score (nSPS) is 16.6. The molecule has 1 aromatic rings. The first kappa shape index (κ1) is 14.1. The lowest BCUT2D eigenvalue weighted by Gasteiger charge is -2.40. The number of nitrogens with zero attached hydrogens (tertiary/aromatic N) is 1. The smallest absolute Gasteiger partial charge is 0.225 e. The maximum atomic E-state index is 11.2. The van der Waals surface area contributed by atoms with Crippen molar-refractivity contribution in [3.63, 3.8) is 0 Å². The number of rotatable bonds is 3. The first-order valence-electron chi connectivity index (χ1n) is 5.07. The van der Waals surface area contributed by atoms with Gasteiger partial charge in [0.15, 0.2) is 0 Å². The van der Waals surface area contributed by atoms with Gasteiger partial charge in [0, 0.05) is 6.92 Å². The second-order valence-electron chi connectivity index (χ2n) is 4.98. The van der Waals surface area contributed by atoms with Gasteiger partial charge in [-0.25, -0.2) is 8.42 Å². The van der Waals surface area contributed by atoms with Crippen LogP contribution < -0.4 is 0 Å². The molecule has 1 unspecified atom stereocenters. The van der Waals surface area contributed by atoms with E-state index in [0.29, 0.717) is 0 Å². The summed E-state index contributed by atoms with van der Waals surface area (Å²) in [7, 11) is 0.553.